The van der Waals surface area contributed by atoms with Crippen LogP contribution in [0.25, 0.3) is 21.5 Å². The van der Waals surface area contributed by atoms with Gasteiger partial charge in [-0.25, -0.2) is 0 Å². The maximum atomic E-state index is 10.1. The van der Waals surface area contributed by atoms with Gasteiger partial charge in [-0.15, -0.1) is 0 Å². The van der Waals surface area contributed by atoms with Crippen molar-refractivity contribution in [3.8, 4) is 0 Å². The SMILES string of the molecule is Cc1cc2c(c3ccc4ccccc4c13)CC(O)C2O. The molecule has 1 aliphatic carbocycles. The molecular formula is C18H16O2. The van der Waals surface area contributed by atoms with E-state index in [0.29, 0.717) is 6.42 Å². The standard InChI is InChI=1S/C18H16O2/c1-10-8-15-14(9-16(19)18(15)20)13-7-6-11-4-2-3-5-12(11)17(10)13/h2-8,16,18-20H,9H2,1H3. The summed E-state index contributed by atoms with van der Waals surface area (Å²) < 4.78 is 0. The van der Waals surface area contributed by atoms with E-state index >= 15 is 0 Å². The fourth-order valence-corrected chi connectivity index (χ4v) is 3.52. The van der Waals surface area contributed by atoms with E-state index < -0.39 is 12.2 Å². The number of benzene rings is 3. The van der Waals surface area contributed by atoms with Gasteiger partial charge in [0.05, 0.1) is 6.10 Å². The van der Waals surface area contributed by atoms with Gasteiger partial charge in [0.1, 0.15) is 6.10 Å². The third kappa shape index (κ3) is 1.46. The molecule has 0 bridgehead atoms. The van der Waals surface area contributed by atoms with E-state index in [2.05, 4.69) is 37.3 Å². The summed E-state index contributed by atoms with van der Waals surface area (Å²) in [5.41, 5.74) is 3.14. The minimum absolute atomic E-state index is 0.533. The van der Waals surface area contributed by atoms with Crippen LogP contribution in [0.3, 0.4) is 0 Å². The van der Waals surface area contributed by atoms with Crippen LogP contribution in [0.1, 0.15) is 22.8 Å². The van der Waals surface area contributed by atoms with Gasteiger partial charge < -0.3 is 10.2 Å². The smallest absolute Gasteiger partial charge is 0.105 e. The summed E-state index contributed by atoms with van der Waals surface area (Å²) in [5, 5.41) is 24.9. The summed E-state index contributed by atoms with van der Waals surface area (Å²) in [6.07, 6.45) is -0.896. The van der Waals surface area contributed by atoms with Crippen LogP contribution in [0.4, 0.5) is 0 Å². The Morgan fingerprint density at radius 3 is 2.65 bits per heavy atom. The van der Waals surface area contributed by atoms with Gasteiger partial charge in [-0.1, -0.05) is 42.5 Å². The molecule has 1 aliphatic rings. The summed E-state index contributed by atoms with van der Waals surface area (Å²) in [7, 11) is 0. The molecule has 0 heterocycles. The topological polar surface area (TPSA) is 40.5 Å². The van der Waals surface area contributed by atoms with Crippen molar-refractivity contribution < 1.29 is 10.2 Å². The lowest BCUT2D eigenvalue weighted by molar-refractivity contribution is 0.0326. The lowest BCUT2D eigenvalue weighted by atomic mass is 9.92. The number of aryl methyl sites for hydroxylation is 1. The molecule has 0 saturated carbocycles. The van der Waals surface area contributed by atoms with E-state index in [9.17, 15) is 10.2 Å². The molecule has 0 saturated heterocycles. The van der Waals surface area contributed by atoms with Crippen LogP contribution >= 0.6 is 0 Å². The highest BCUT2D eigenvalue weighted by Gasteiger charge is 2.31. The van der Waals surface area contributed by atoms with Crippen LogP contribution in [-0.2, 0) is 6.42 Å². The molecule has 20 heavy (non-hydrogen) atoms. The number of hydrogen-bond acceptors (Lipinski definition) is 2. The minimum Gasteiger partial charge on any atom is -0.390 e. The van der Waals surface area contributed by atoms with Crippen LogP contribution in [0.15, 0.2) is 42.5 Å². The first-order valence-electron chi connectivity index (χ1n) is 6.97. The second-order valence-corrected chi connectivity index (χ2v) is 5.69. The van der Waals surface area contributed by atoms with Gasteiger partial charge in [-0.2, -0.15) is 0 Å². The molecule has 2 heteroatoms. The van der Waals surface area contributed by atoms with Crippen LogP contribution in [0, 0.1) is 6.92 Å². The molecule has 2 atom stereocenters. The molecule has 0 radical (unpaired) electrons. The Morgan fingerprint density at radius 1 is 1.00 bits per heavy atom. The van der Waals surface area contributed by atoms with E-state index in [-0.39, 0.29) is 0 Å². The molecule has 2 N–H and O–H groups in total. The highest BCUT2D eigenvalue weighted by Crippen LogP contribution is 2.40. The monoisotopic (exact) mass is 264 g/mol. The Kier molecular flexibility index (Phi) is 2.40. The van der Waals surface area contributed by atoms with Crippen molar-refractivity contribution in [3.63, 3.8) is 0 Å². The van der Waals surface area contributed by atoms with Gasteiger partial charge in [-0.05, 0) is 45.2 Å². The summed E-state index contributed by atoms with van der Waals surface area (Å²) in [5.74, 6) is 0. The predicted octanol–water partition coefficient (Wildman–Crippen LogP) is 3.25. The summed E-state index contributed by atoms with van der Waals surface area (Å²) >= 11 is 0. The third-order valence-corrected chi connectivity index (χ3v) is 4.47. The Hall–Kier alpha value is -1.90. The fourth-order valence-electron chi connectivity index (χ4n) is 3.52. The number of rotatable bonds is 0. The Balaban J connectivity index is 2.18. The summed E-state index contributed by atoms with van der Waals surface area (Å²) in [4.78, 5) is 0. The maximum absolute atomic E-state index is 10.1. The van der Waals surface area contributed by atoms with Crippen LogP contribution in [0.5, 0.6) is 0 Å². The summed E-state index contributed by atoms with van der Waals surface area (Å²) in [6.45, 7) is 2.08. The van der Waals surface area contributed by atoms with Crippen molar-refractivity contribution in [3.05, 3.63) is 59.2 Å². The van der Waals surface area contributed by atoms with Gasteiger partial charge in [0.2, 0.25) is 0 Å². The lowest BCUT2D eigenvalue weighted by Gasteiger charge is -2.13. The highest BCUT2D eigenvalue weighted by molar-refractivity contribution is 6.10. The van der Waals surface area contributed by atoms with E-state index in [0.717, 1.165) is 22.1 Å². The van der Waals surface area contributed by atoms with Crippen molar-refractivity contribution in [1.82, 2.24) is 0 Å². The minimum atomic E-state index is -0.750. The zero-order chi connectivity index (χ0) is 13.9. The quantitative estimate of drug-likeness (QED) is 0.612. The normalized spacial score (nSPS) is 21.6. The zero-order valence-corrected chi connectivity index (χ0v) is 11.3. The number of hydrogen-bond donors (Lipinski definition) is 2. The van der Waals surface area contributed by atoms with Gasteiger partial charge in [0.25, 0.3) is 0 Å². The number of aliphatic hydroxyl groups excluding tert-OH is 2. The van der Waals surface area contributed by atoms with Crippen LogP contribution < -0.4 is 0 Å². The van der Waals surface area contributed by atoms with Gasteiger partial charge in [-0.3, -0.25) is 0 Å². The van der Waals surface area contributed by atoms with E-state index in [1.807, 2.05) is 12.1 Å². The molecule has 0 aromatic heterocycles. The largest absolute Gasteiger partial charge is 0.390 e. The second kappa shape index (κ2) is 4.05. The molecule has 0 amide bonds. The van der Waals surface area contributed by atoms with Gasteiger partial charge in [0.15, 0.2) is 0 Å². The molecule has 2 nitrogen and oxygen atoms in total. The van der Waals surface area contributed by atoms with Crippen molar-refractivity contribution in [2.24, 2.45) is 0 Å². The molecular weight excluding hydrogens is 248 g/mol. The highest BCUT2D eigenvalue weighted by atomic mass is 16.3. The lowest BCUT2D eigenvalue weighted by Crippen LogP contribution is -2.11. The van der Waals surface area contributed by atoms with E-state index in [1.165, 1.54) is 16.2 Å². The van der Waals surface area contributed by atoms with E-state index in [1.54, 1.807) is 0 Å². The molecule has 2 unspecified atom stereocenters. The average molecular weight is 264 g/mol. The molecule has 100 valence electrons. The van der Waals surface area contributed by atoms with Crippen molar-refractivity contribution in [2.45, 2.75) is 25.6 Å². The second-order valence-electron chi connectivity index (χ2n) is 5.69. The molecule has 3 aromatic rings. The number of aliphatic hydroxyl groups is 2. The predicted molar refractivity (Wildman–Crippen MR) is 80.9 cm³/mol. The van der Waals surface area contributed by atoms with Crippen LogP contribution in [0.2, 0.25) is 0 Å². The number of fused-ring (bicyclic) bond motifs is 5. The Labute approximate surface area is 117 Å². The molecule has 0 aliphatic heterocycles. The molecule has 4 rings (SSSR count). The molecule has 3 aromatic carbocycles. The van der Waals surface area contributed by atoms with Gasteiger partial charge >= 0.3 is 0 Å². The zero-order valence-electron chi connectivity index (χ0n) is 11.3. The Bertz CT molecular complexity index is 836. The van der Waals surface area contributed by atoms with Crippen molar-refractivity contribution in [2.75, 3.05) is 0 Å². The average Bonchev–Trinajstić information content (AvgIpc) is 2.75. The first-order chi connectivity index (χ1) is 9.66. The molecule has 0 fully saturated rings. The maximum Gasteiger partial charge on any atom is 0.105 e. The first kappa shape index (κ1) is 11.9. The molecule has 0 spiro atoms. The van der Waals surface area contributed by atoms with Crippen LogP contribution in [-0.4, -0.2) is 16.3 Å². The third-order valence-electron chi connectivity index (χ3n) is 4.47. The van der Waals surface area contributed by atoms with Gasteiger partial charge in [0, 0.05) is 6.42 Å². The van der Waals surface area contributed by atoms with Crippen molar-refractivity contribution in [1.29, 1.82) is 0 Å². The van der Waals surface area contributed by atoms with E-state index in [4.69, 9.17) is 0 Å². The van der Waals surface area contributed by atoms with Crippen molar-refractivity contribution >= 4 is 21.5 Å². The summed E-state index contributed by atoms with van der Waals surface area (Å²) in [6, 6.07) is 14.6. The first-order valence-corrected chi connectivity index (χ1v) is 6.97. The fraction of sp³-hybridized carbons (Fsp3) is 0.222. The Morgan fingerprint density at radius 2 is 1.80 bits per heavy atom.